The molecule has 0 radical (unpaired) electrons. The predicted molar refractivity (Wildman–Crippen MR) is 73.2 cm³/mol. The first-order valence-corrected chi connectivity index (χ1v) is 6.63. The van der Waals surface area contributed by atoms with Crippen LogP contribution in [-0.2, 0) is 4.79 Å². The number of amides is 2. The molecule has 0 saturated heterocycles. The van der Waals surface area contributed by atoms with Crippen LogP contribution in [0, 0.1) is 0 Å². The summed E-state index contributed by atoms with van der Waals surface area (Å²) in [5.74, 6) is 0.242. The third-order valence-electron chi connectivity index (χ3n) is 2.67. The molecule has 108 valence electrons. The Morgan fingerprint density at radius 3 is 2.85 bits per heavy atom. The summed E-state index contributed by atoms with van der Waals surface area (Å²) in [4.78, 5) is 23.3. The minimum atomic E-state index is -0.392. The molecule has 1 aromatic rings. The summed E-state index contributed by atoms with van der Waals surface area (Å²) in [5.41, 5.74) is 0.322. The first-order valence-electron chi connectivity index (χ1n) is 6.26. The Hall–Kier alpha value is -1.95. The van der Waals surface area contributed by atoms with E-state index in [0.29, 0.717) is 28.6 Å². The third kappa shape index (κ3) is 3.33. The van der Waals surface area contributed by atoms with Crippen molar-refractivity contribution < 1.29 is 19.1 Å². The summed E-state index contributed by atoms with van der Waals surface area (Å²) in [6.07, 6.45) is 0.845. The molecule has 20 heavy (non-hydrogen) atoms. The Kier molecular flexibility index (Phi) is 4.68. The molecule has 0 aliphatic carbocycles. The van der Waals surface area contributed by atoms with E-state index in [-0.39, 0.29) is 19.2 Å². The average molecular weight is 299 g/mol. The SMILES string of the molecule is CCCNC(=O)CNC(=O)c1cc(Cl)c2c(c1)OCO2. The molecule has 1 aromatic carbocycles. The Bertz CT molecular complexity index is 533. The van der Waals surface area contributed by atoms with E-state index in [1.54, 1.807) is 0 Å². The molecule has 1 aliphatic rings. The summed E-state index contributed by atoms with van der Waals surface area (Å²) in [6.45, 7) is 2.54. The standard InChI is InChI=1S/C13H15ClN2O4/c1-2-3-15-11(17)6-16-13(18)8-4-9(14)12-10(5-8)19-7-20-12/h4-5H,2-3,6-7H2,1H3,(H,15,17)(H,16,18). The highest BCUT2D eigenvalue weighted by atomic mass is 35.5. The van der Waals surface area contributed by atoms with Gasteiger partial charge in [-0.3, -0.25) is 9.59 Å². The highest BCUT2D eigenvalue weighted by Gasteiger charge is 2.20. The highest BCUT2D eigenvalue weighted by molar-refractivity contribution is 6.32. The van der Waals surface area contributed by atoms with Crippen molar-refractivity contribution in [2.24, 2.45) is 0 Å². The van der Waals surface area contributed by atoms with Gasteiger partial charge in [-0.2, -0.15) is 0 Å². The molecule has 7 heteroatoms. The number of fused-ring (bicyclic) bond motifs is 1. The lowest BCUT2D eigenvalue weighted by atomic mass is 10.2. The van der Waals surface area contributed by atoms with Gasteiger partial charge in [0.15, 0.2) is 11.5 Å². The van der Waals surface area contributed by atoms with Crippen LogP contribution >= 0.6 is 11.6 Å². The first kappa shape index (κ1) is 14.5. The van der Waals surface area contributed by atoms with Crippen molar-refractivity contribution in [1.82, 2.24) is 10.6 Å². The highest BCUT2D eigenvalue weighted by Crippen LogP contribution is 2.39. The van der Waals surface area contributed by atoms with Gasteiger partial charge in [-0.25, -0.2) is 0 Å². The minimum Gasteiger partial charge on any atom is -0.454 e. The number of hydrogen-bond acceptors (Lipinski definition) is 4. The van der Waals surface area contributed by atoms with Crippen LogP contribution in [0.25, 0.3) is 0 Å². The second-order valence-corrected chi connectivity index (χ2v) is 4.63. The monoisotopic (exact) mass is 298 g/mol. The van der Waals surface area contributed by atoms with Crippen molar-refractivity contribution >= 4 is 23.4 Å². The van der Waals surface area contributed by atoms with Gasteiger partial charge < -0.3 is 20.1 Å². The lowest BCUT2D eigenvalue weighted by molar-refractivity contribution is -0.120. The molecular formula is C13H15ClN2O4. The molecule has 0 atom stereocenters. The largest absolute Gasteiger partial charge is 0.454 e. The third-order valence-corrected chi connectivity index (χ3v) is 2.95. The fourth-order valence-electron chi connectivity index (χ4n) is 1.69. The van der Waals surface area contributed by atoms with E-state index in [4.69, 9.17) is 21.1 Å². The van der Waals surface area contributed by atoms with Gasteiger partial charge in [0.05, 0.1) is 11.6 Å². The topological polar surface area (TPSA) is 76.7 Å². The van der Waals surface area contributed by atoms with E-state index < -0.39 is 5.91 Å². The summed E-state index contributed by atoms with van der Waals surface area (Å²) in [6, 6.07) is 3.02. The summed E-state index contributed by atoms with van der Waals surface area (Å²) in [7, 11) is 0. The quantitative estimate of drug-likeness (QED) is 0.860. The van der Waals surface area contributed by atoms with Crippen molar-refractivity contribution in [2.45, 2.75) is 13.3 Å². The Balaban J connectivity index is 1.96. The number of carbonyl (C=O) groups excluding carboxylic acids is 2. The first-order chi connectivity index (χ1) is 9.61. The molecule has 2 N–H and O–H groups in total. The van der Waals surface area contributed by atoms with Crippen molar-refractivity contribution in [3.63, 3.8) is 0 Å². The molecule has 0 bridgehead atoms. The van der Waals surface area contributed by atoms with Crippen LogP contribution in [0.5, 0.6) is 11.5 Å². The fourth-order valence-corrected chi connectivity index (χ4v) is 1.95. The zero-order valence-electron chi connectivity index (χ0n) is 11.0. The predicted octanol–water partition coefficient (Wildman–Crippen LogP) is 1.32. The summed E-state index contributed by atoms with van der Waals surface area (Å²) in [5, 5.41) is 5.49. The lowest BCUT2D eigenvalue weighted by Crippen LogP contribution is -2.37. The van der Waals surface area contributed by atoms with Crippen LogP contribution in [0.15, 0.2) is 12.1 Å². The fraction of sp³-hybridized carbons (Fsp3) is 0.385. The van der Waals surface area contributed by atoms with Crippen molar-refractivity contribution in [1.29, 1.82) is 0 Å². The van der Waals surface area contributed by atoms with Crippen LogP contribution < -0.4 is 20.1 Å². The van der Waals surface area contributed by atoms with E-state index in [0.717, 1.165) is 6.42 Å². The maximum atomic E-state index is 11.9. The molecule has 6 nitrogen and oxygen atoms in total. The second kappa shape index (κ2) is 6.47. The van der Waals surface area contributed by atoms with Crippen LogP contribution in [-0.4, -0.2) is 31.7 Å². The van der Waals surface area contributed by atoms with Gasteiger partial charge in [0.2, 0.25) is 12.7 Å². The van der Waals surface area contributed by atoms with Crippen molar-refractivity contribution in [2.75, 3.05) is 19.9 Å². The lowest BCUT2D eigenvalue weighted by Gasteiger charge is -2.07. The number of hydrogen-bond donors (Lipinski definition) is 2. The van der Waals surface area contributed by atoms with Gasteiger partial charge in [0, 0.05) is 12.1 Å². The maximum Gasteiger partial charge on any atom is 0.251 e. The van der Waals surface area contributed by atoms with Gasteiger partial charge in [0.25, 0.3) is 5.91 Å². The van der Waals surface area contributed by atoms with Crippen LogP contribution in [0.4, 0.5) is 0 Å². The number of rotatable bonds is 5. The molecule has 2 rings (SSSR count). The number of ether oxygens (including phenoxy) is 2. The molecule has 2 amide bonds. The number of nitrogens with one attached hydrogen (secondary N) is 2. The van der Waals surface area contributed by atoms with Crippen LogP contribution in [0.1, 0.15) is 23.7 Å². The van der Waals surface area contributed by atoms with Gasteiger partial charge in [-0.1, -0.05) is 18.5 Å². The Morgan fingerprint density at radius 1 is 1.30 bits per heavy atom. The zero-order chi connectivity index (χ0) is 14.5. The van der Waals surface area contributed by atoms with Crippen LogP contribution in [0.3, 0.4) is 0 Å². The molecule has 0 unspecified atom stereocenters. The Labute approximate surface area is 121 Å². The smallest absolute Gasteiger partial charge is 0.251 e. The Morgan fingerprint density at radius 2 is 2.10 bits per heavy atom. The molecule has 1 heterocycles. The van der Waals surface area contributed by atoms with E-state index in [9.17, 15) is 9.59 Å². The van der Waals surface area contributed by atoms with Crippen LogP contribution in [0.2, 0.25) is 5.02 Å². The van der Waals surface area contributed by atoms with Crippen molar-refractivity contribution in [3.05, 3.63) is 22.7 Å². The molecule has 0 saturated carbocycles. The second-order valence-electron chi connectivity index (χ2n) is 4.22. The zero-order valence-corrected chi connectivity index (χ0v) is 11.8. The van der Waals surface area contributed by atoms with E-state index in [1.807, 2.05) is 6.92 Å². The average Bonchev–Trinajstić information content (AvgIpc) is 2.91. The van der Waals surface area contributed by atoms with Gasteiger partial charge in [-0.05, 0) is 18.6 Å². The number of halogens is 1. The minimum absolute atomic E-state index is 0.0785. The normalized spacial score (nSPS) is 12.1. The molecule has 1 aliphatic heterocycles. The summed E-state index contributed by atoms with van der Waals surface area (Å²) < 4.78 is 10.3. The molecule has 0 fully saturated rings. The molecule has 0 spiro atoms. The van der Waals surface area contributed by atoms with Gasteiger partial charge in [0.1, 0.15) is 0 Å². The maximum absolute atomic E-state index is 11.9. The van der Waals surface area contributed by atoms with Gasteiger partial charge >= 0.3 is 0 Å². The molecular weight excluding hydrogens is 284 g/mol. The van der Waals surface area contributed by atoms with Crippen molar-refractivity contribution in [3.8, 4) is 11.5 Å². The van der Waals surface area contributed by atoms with E-state index in [1.165, 1.54) is 12.1 Å². The molecule has 0 aromatic heterocycles. The van der Waals surface area contributed by atoms with E-state index in [2.05, 4.69) is 10.6 Å². The number of benzene rings is 1. The van der Waals surface area contributed by atoms with Gasteiger partial charge in [-0.15, -0.1) is 0 Å². The summed E-state index contributed by atoms with van der Waals surface area (Å²) >= 11 is 5.99. The van der Waals surface area contributed by atoms with E-state index >= 15 is 0 Å². The number of carbonyl (C=O) groups is 2.